The van der Waals surface area contributed by atoms with Gasteiger partial charge in [-0.05, 0) is 0 Å². The van der Waals surface area contributed by atoms with Gasteiger partial charge in [0.25, 0.3) is 0 Å². The van der Waals surface area contributed by atoms with E-state index < -0.39 is 0 Å². The lowest BCUT2D eigenvalue weighted by Crippen LogP contribution is -2.31. The van der Waals surface area contributed by atoms with Crippen molar-refractivity contribution < 1.29 is 10.2 Å². The summed E-state index contributed by atoms with van der Waals surface area (Å²) in [6.07, 6.45) is 0. The maximum Gasteiger partial charge on any atom is 0.201 e. The number of hydrogen-bond acceptors (Lipinski definition) is 3. The summed E-state index contributed by atoms with van der Waals surface area (Å²) in [6, 6.07) is 0. The Morgan fingerprint density at radius 3 is 1.89 bits per heavy atom. The van der Waals surface area contributed by atoms with Crippen molar-refractivity contribution in [1.82, 2.24) is 4.81 Å². The second-order valence-electron chi connectivity index (χ2n) is 1.88. The van der Waals surface area contributed by atoms with Crippen molar-refractivity contribution in [1.29, 1.82) is 0 Å². The van der Waals surface area contributed by atoms with E-state index in [2.05, 4.69) is 0 Å². The Morgan fingerprint density at radius 2 is 1.67 bits per heavy atom. The van der Waals surface area contributed by atoms with Gasteiger partial charge in [0, 0.05) is 13.1 Å². The van der Waals surface area contributed by atoms with Crippen LogP contribution >= 0.6 is 0 Å². The molecule has 3 nitrogen and oxygen atoms in total. The first kappa shape index (κ1) is 8.94. The lowest BCUT2D eigenvalue weighted by molar-refractivity contribution is 0.219. The zero-order valence-electron chi connectivity index (χ0n) is 5.88. The molecule has 0 aromatic carbocycles. The summed E-state index contributed by atoms with van der Waals surface area (Å²) in [6.45, 7) is 3.68. The zero-order chi connectivity index (χ0) is 7.11. The van der Waals surface area contributed by atoms with Gasteiger partial charge in [0.05, 0.1) is 13.2 Å². The molecule has 0 heterocycles. The minimum Gasteiger partial charge on any atom is -0.395 e. The van der Waals surface area contributed by atoms with Crippen LogP contribution in [0.2, 0.25) is 6.82 Å². The lowest BCUT2D eigenvalue weighted by Gasteiger charge is -2.16. The molecule has 0 saturated carbocycles. The number of nitrogens with zero attached hydrogens (tertiary/aromatic N) is 1. The molecular formula is C5H14BNO2. The Bertz CT molecular complexity index is 56.9. The summed E-state index contributed by atoms with van der Waals surface area (Å²) in [5.74, 6) is 0. The predicted octanol–water partition coefficient (Wildman–Crippen LogP) is -1.33. The van der Waals surface area contributed by atoms with E-state index >= 15 is 0 Å². The molecule has 0 aliphatic rings. The lowest BCUT2D eigenvalue weighted by atomic mass is 9.96. The molecular weight excluding hydrogens is 117 g/mol. The number of rotatable bonds is 5. The van der Waals surface area contributed by atoms with Crippen LogP contribution in [0.3, 0.4) is 0 Å². The molecule has 54 valence electrons. The summed E-state index contributed by atoms with van der Waals surface area (Å²) in [5.41, 5.74) is 0. The third kappa shape index (κ3) is 4.45. The van der Waals surface area contributed by atoms with Crippen molar-refractivity contribution >= 4 is 7.41 Å². The summed E-state index contributed by atoms with van der Waals surface area (Å²) in [7, 11) is 0.890. The molecule has 9 heavy (non-hydrogen) atoms. The fraction of sp³-hybridized carbons (Fsp3) is 1.00. The number of aliphatic hydroxyl groups is 2. The molecule has 0 saturated heterocycles. The molecule has 4 heteroatoms. The maximum absolute atomic E-state index is 8.47. The van der Waals surface area contributed by atoms with Gasteiger partial charge in [0.15, 0.2) is 0 Å². The highest BCUT2D eigenvalue weighted by molar-refractivity contribution is 6.29. The second kappa shape index (κ2) is 6.07. The molecule has 0 unspecified atom stereocenters. The van der Waals surface area contributed by atoms with Crippen LogP contribution in [0.25, 0.3) is 0 Å². The molecule has 0 radical (unpaired) electrons. The quantitative estimate of drug-likeness (QED) is 0.454. The minimum absolute atomic E-state index is 0.174. The highest BCUT2D eigenvalue weighted by Crippen LogP contribution is 1.81. The first-order valence-corrected chi connectivity index (χ1v) is 3.29. The Kier molecular flexibility index (Phi) is 6.03. The summed E-state index contributed by atoms with van der Waals surface area (Å²) >= 11 is 0. The molecule has 0 aromatic heterocycles. The van der Waals surface area contributed by atoms with E-state index in [1.807, 2.05) is 11.6 Å². The van der Waals surface area contributed by atoms with Gasteiger partial charge in [-0.1, -0.05) is 6.82 Å². The Hall–Kier alpha value is -0.0551. The molecule has 0 aliphatic carbocycles. The summed E-state index contributed by atoms with van der Waals surface area (Å²) in [4.78, 5) is 1.99. The fourth-order valence-electron chi connectivity index (χ4n) is 0.711. The van der Waals surface area contributed by atoms with Crippen LogP contribution in [0, 0.1) is 0 Å². The largest absolute Gasteiger partial charge is 0.395 e. The van der Waals surface area contributed by atoms with Gasteiger partial charge in [0.1, 0.15) is 0 Å². The average molecular weight is 131 g/mol. The monoisotopic (exact) mass is 131 g/mol. The van der Waals surface area contributed by atoms with Gasteiger partial charge in [-0.15, -0.1) is 0 Å². The molecule has 0 amide bonds. The van der Waals surface area contributed by atoms with Crippen LogP contribution in [0.5, 0.6) is 0 Å². The van der Waals surface area contributed by atoms with E-state index in [1.54, 1.807) is 0 Å². The Labute approximate surface area is 56.6 Å². The van der Waals surface area contributed by atoms with Crippen molar-refractivity contribution in [2.45, 2.75) is 6.82 Å². The standard InChI is InChI=1S/C5H14BNO2/c1-6-7(2-4-8)3-5-9/h6,8-9H,2-5H2,1H3. The topological polar surface area (TPSA) is 43.7 Å². The van der Waals surface area contributed by atoms with E-state index in [4.69, 9.17) is 10.2 Å². The highest BCUT2D eigenvalue weighted by Gasteiger charge is 1.98. The van der Waals surface area contributed by atoms with Crippen LogP contribution in [-0.4, -0.2) is 48.7 Å². The second-order valence-corrected chi connectivity index (χ2v) is 1.88. The van der Waals surface area contributed by atoms with Crippen molar-refractivity contribution in [3.63, 3.8) is 0 Å². The van der Waals surface area contributed by atoms with Crippen molar-refractivity contribution in [3.05, 3.63) is 0 Å². The van der Waals surface area contributed by atoms with E-state index in [0.29, 0.717) is 13.1 Å². The van der Waals surface area contributed by atoms with Crippen LogP contribution in [0.4, 0.5) is 0 Å². The molecule has 0 aliphatic heterocycles. The van der Waals surface area contributed by atoms with Crippen LogP contribution in [0.1, 0.15) is 0 Å². The minimum atomic E-state index is 0.174. The molecule has 0 atom stereocenters. The van der Waals surface area contributed by atoms with Gasteiger partial charge in [-0.3, -0.25) is 0 Å². The van der Waals surface area contributed by atoms with E-state index in [9.17, 15) is 0 Å². The Balaban J connectivity index is 3.18. The van der Waals surface area contributed by atoms with Gasteiger partial charge in [-0.2, -0.15) is 0 Å². The van der Waals surface area contributed by atoms with E-state index in [1.165, 1.54) is 0 Å². The van der Waals surface area contributed by atoms with Gasteiger partial charge < -0.3 is 15.0 Å². The van der Waals surface area contributed by atoms with Gasteiger partial charge in [0.2, 0.25) is 7.41 Å². The first-order chi connectivity index (χ1) is 4.35. The molecule has 0 fully saturated rings. The Morgan fingerprint density at radius 1 is 1.22 bits per heavy atom. The van der Waals surface area contributed by atoms with E-state index in [-0.39, 0.29) is 13.2 Å². The van der Waals surface area contributed by atoms with Crippen LogP contribution < -0.4 is 0 Å². The smallest absolute Gasteiger partial charge is 0.201 e. The summed E-state index contributed by atoms with van der Waals surface area (Å²) in [5, 5.41) is 16.9. The fourth-order valence-corrected chi connectivity index (χ4v) is 0.711. The number of hydrogen-bond donors (Lipinski definition) is 2. The van der Waals surface area contributed by atoms with Crippen molar-refractivity contribution in [2.24, 2.45) is 0 Å². The SMILES string of the molecule is CBN(CCO)CCO. The maximum atomic E-state index is 8.47. The molecule has 0 spiro atoms. The average Bonchev–Trinajstić information content (AvgIpc) is 1.88. The van der Waals surface area contributed by atoms with Crippen LogP contribution in [-0.2, 0) is 0 Å². The third-order valence-corrected chi connectivity index (χ3v) is 1.28. The first-order valence-electron chi connectivity index (χ1n) is 3.29. The summed E-state index contributed by atoms with van der Waals surface area (Å²) < 4.78 is 0. The number of aliphatic hydroxyl groups excluding tert-OH is 2. The van der Waals surface area contributed by atoms with Gasteiger partial charge in [-0.25, -0.2) is 0 Å². The molecule has 2 N–H and O–H groups in total. The molecule has 0 aromatic rings. The third-order valence-electron chi connectivity index (χ3n) is 1.28. The molecule has 0 bridgehead atoms. The van der Waals surface area contributed by atoms with Crippen molar-refractivity contribution in [2.75, 3.05) is 26.3 Å². The zero-order valence-corrected chi connectivity index (χ0v) is 5.88. The van der Waals surface area contributed by atoms with E-state index in [0.717, 1.165) is 7.41 Å². The predicted molar refractivity (Wildman–Crippen MR) is 38.8 cm³/mol. The highest BCUT2D eigenvalue weighted by atomic mass is 16.3. The van der Waals surface area contributed by atoms with Crippen LogP contribution in [0.15, 0.2) is 0 Å². The molecule has 0 rings (SSSR count). The normalized spacial score (nSPS) is 10.2. The van der Waals surface area contributed by atoms with Crippen molar-refractivity contribution in [3.8, 4) is 0 Å². The van der Waals surface area contributed by atoms with Gasteiger partial charge >= 0.3 is 0 Å².